The molecule has 1 fully saturated rings. The van der Waals surface area contributed by atoms with Crippen molar-refractivity contribution in [2.45, 2.75) is 6.54 Å². The van der Waals surface area contributed by atoms with Gasteiger partial charge in [0.15, 0.2) is 11.5 Å². The lowest BCUT2D eigenvalue weighted by molar-refractivity contribution is -0.917. The maximum absolute atomic E-state index is 12.9. The molecule has 1 amide bonds. The zero-order valence-electron chi connectivity index (χ0n) is 15.3. The lowest BCUT2D eigenvalue weighted by Crippen LogP contribution is -3.13. The lowest BCUT2D eigenvalue weighted by Gasteiger charge is -2.32. The molecule has 0 radical (unpaired) electrons. The number of hydrogen-bond acceptors (Lipinski definition) is 3. The Labute approximate surface area is 167 Å². The number of ether oxygens (including phenoxy) is 2. The second-order valence-corrected chi connectivity index (χ2v) is 7.76. The van der Waals surface area contributed by atoms with E-state index in [0.29, 0.717) is 17.5 Å². The molecule has 1 saturated heterocycles. The van der Waals surface area contributed by atoms with Crippen LogP contribution in [0.5, 0.6) is 11.5 Å². The van der Waals surface area contributed by atoms with Gasteiger partial charge >= 0.3 is 0 Å². The maximum atomic E-state index is 12.9. The van der Waals surface area contributed by atoms with Gasteiger partial charge in [-0.3, -0.25) is 4.79 Å². The SMILES string of the molecule is O=C(c1cc2cc(Cl)ccc2[nH]1)N1CC[NH+](Cc2ccc3c(c2)OCO3)CC1. The molecule has 3 heterocycles. The first-order valence-electron chi connectivity index (χ1n) is 9.45. The number of amides is 1. The molecule has 5 rings (SSSR count). The minimum atomic E-state index is 0.0504. The van der Waals surface area contributed by atoms with E-state index in [1.807, 2.05) is 35.2 Å². The van der Waals surface area contributed by atoms with Crippen LogP contribution in [0.15, 0.2) is 42.5 Å². The van der Waals surface area contributed by atoms with Gasteiger partial charge in [-0.15, -0.1) is 0 Å². The van der Waals surface area contributed by atoms with Gasteiger partial charge in [0.25, 0.3) is 5.91 Å². The third-order valence-electron chi connectivity index (χ3n) is 5.46. The molecule has 0 saturated carbocycles. The van der Waals surface area contributed by atoms with Gasteiger partial charge in [0, 0.05) is 21.5 Å². The number of H-pyrrole nitrogens is 1. The van der Waals surface area contributed by atoms with Crippen molar-refractivity contribution in [3.05, 3.63) is 58.7 Å². The van der Waals surface area contributed by atoms with Crippen LogP contribution < -0.4 is 14.4 Å². The molecule has 2 aromatic carbocycles. The van der Waals surface area contributed by atoms with E-state index < -0.39 is 0 Å². The Morgan fingerprint density at radius 1 is 1.07 bits per heavy atom. The van der Waals surface area contributed by atoms with Gasteiger partial charge in [-0.05, 0) is 42.5 Å². The Morgan fingerprint density at radius 2 is 1.89 bits per heavy atom. The molecule has 144 valence electrons. The topological polar surface area (TPSA) is 59.0 Å². The summed E-state index contributed by atoms with van der Waals surface area (Å²) in [5.41, 5.74) is 2.78. The number of carbonyl (C=O) groups excluding carboxylic acids is 1. The average molecular weight is 399 g/mol. The van der Waals surface area contributed by atoms with Crippen LogP contribution in [-0.2, 0) is 6.54 Å². The molecule has 3 aromatic rings. The normalized spacial score (nSPS) is 16.7. The molecule has 2 aliphatic heterocycles. The molecule has 2 aliphatic rings. The van der Waals surface area contributed by atoms with Crippen LogP contribution in [0, 0.1) is 0 Å². The van der Waals surface area contributed by atoms with Crippen molar-refractivity contribution in [3.8, 4) is 11.5 Å². The van der Waals surface area contributed by atoms with Gasteiger partial charge in [0.2, 0.25) is 6.79 Å². The lowest BCUT2D eigenvalue weighted by atomic mass is 10.1. The second-order valence-electron chi connectivity index (χ2n) is 7.32. The molecule has 2 N–H and O–H groups in total. The van der Waals surface area contributed by atoms with E-state index in [2.05, 4.69) is 17.1 Å². The molecule has 1 aromatic heterocycles. The molecular formula is C21H21ClN3O3+. The second kappa shape index (κ2) is 7.04. The number of nitrogens with zero attached hydrogens (tertiary/aromatic N) is 1. The van der Waals surface area contributed by atoms with Gasteiger partial charge in [0.1, 0.15) is 12.2 Å². The van der Waals surface area contributed by atoms with Gasteiger partial charge in [-0.1, -0.05) is 11.6 Å². The van der Waals surface area contributed by atoms with Crippen LogP contribution in [0.25, 0.3) is 10.9 Å². The molecule has 0 aliphatic carbocycles. The molecule has 0 spiro atoms. The van der Waals surface area contributed by atoms with Crippen LogP contribution in [0.1, 0.15) is 16.1 Å². The van der Waals surface area contributed by atoms with Crippen molar-refractivity contribution in [2.75, 3.05) is 33.0 Å². The van der Waals surface area contributed by atoms with E-state index in [1.54, 1.807) is 0 Å². The molecule has 0 unspecified atom stereocenters. The first-order chi connectivity index (χ1) is 13.7. The van der Waals surface area contributed by atoms with Gasteiger partial charge in [-0.2, -0.15) is 0 Å². The van der Waals surface area contributed by atoms with E-state index in [-0.39, 0.29) is 5.91 Å². The number of aromatic nitrogens is 1. The summed E-state index contributed by atoms with van der Waals surface area (Å²) >= 11 is 6.04. The fourth-order valence-electron chi connectivity index (χ4n) is 3.93. The van der Waals surface area contributed by atoms with E-state index in [1.165, 1.54) is 10.5 Å². The fraction of sp³-hybridized carbons (Fsp3) is 0.286. The van der Waals surface area contributed by atoms with Gasteiger partial charge < -0.3 is 24.3 Å². The number of halogens is 1. The number of fused-ring (bicyclic) bond motifs is 2. The number of rotatable bonds is 3. The minimum Gasteiger partial charge on any atom is -0.454 e. The highest BCUT2D eigenvalue weighted by atomic mass is 35.5. The Kier molecular flexibility index (Phi) is 4.37. The van der Waals surface area contributed by atoms with Gasteiger partial charge in [0.05, 0.1) is 26.2 Å². The molecule has 0 bridgehead atoms. The highest BCUT2D eigenvalue weighted by Gasteiger charge is 2.26. The Hall–Kier alpha value is -2.70. The first kappa shape index (κ1) is 17.4. The van der Waals surface area contributed by atoms with Crippen LogP contribution in [-0.4, -0.2) is 48.8 Å². The molecule has 0 atom stereocenters. The Morgan fingerprint density at radius 3 is 2.75 bits per heavy atom. The number of nitrogens with one attached hydrogen (secondary N) is 2. The number of hydrogen-bond donors (Lipinski definition) is 2. The average Bonchev–Trinajstić information content (AvgIpc) is 3.34. The predicted molar refractivity (Wildman–Crippen MR) is 106 cm³/mol. The van der Waals surface area contributed by atoms with Crippen LogP contribution in [0.4, 0.5) is 0 Å². The highest BCUT2D eigenvalue weighted by Crippen LogP contribution is 2.32. The summed E-state index contributed by atoms with van der Waals surface area (Å²) in [6, 6.07) is 13.6. The molecular weight excluding hydrogens is 378 g/mol. The van der Waals surface area contributed by atoms with Crippen molar-refractivity contribution in [2.24, 2.45) is 0 Å². The number of quaternary nitrogens is 1. The molecule has 7 heteroatoms. The van der Waals surface area contributed by atoms with E-state index in [4.69, 9.17) is 21.1 Å². The van der Waals surface area contributed by atoms with Gasteiger partial charge in [-0.25, -0.2) is 0 Å². The third kappa shape index (κ3) is 3.30. The van der Waals surface area contributed by atoms with Crippen molar-refractivity contribution >= 4 is 28.4 Å². The first-order valence-corrected chi connectivity index (χ1v) is 9.83. The van der Waals surface area contributed by atoms with Crippen molar-refractivity contribution in [1.29, 1.82) is 0 Å². The Balaban J connectivity index is 1.22. The molecule has 28 heavy (non-hydrogen) atoms. The fourth-order valence-corrected chi connectivity index (χ4v) is 4.11. The Bertz CT molecular complexity index is 1040. The maximum Gasteiger partial charge on any atom is 0.270 e. The highest BCUT2D eigenvalue weighted by molar-refractivity contribution is 6.31. The third-order valence-corrected chi connectivity index (χ3v) is 5.70. The van der Waals surface area contributed by atoms with Crippen molar-refractivity contribution in [3.63, 3.8) is 0 Å². The summed E-state index contributed by atoms with van der Waals surface area (Å²) < 4.78 is 10.8. The summed E-state index contributed by atoms with van der Waals surface area (Å²) in [4.78, 5) is 19.5. The quantitative estimate of drug-likeness (QED) is 0.710. The summed E-state index contributed by atoms with van der Waals surface area (Å²) in [5.74, 6) is 1.69. The van der Waals surface area contributed by atoms with Crippen LogP contribution in [0.2, 0.25) is 5.02 Å². The monoisotopic (exact) mass is 398 g/mol. The number of benzene rings is 2. The zero-order valence-corrected chi connectivity index (χ0v) is 16.1. The van der Waals surface area contributed by atoms with E-state index >= 15 is 0 Å². The summed E-state index contributed by atoms with van der Waals surface area (Å²) in [6.07, 6.45) is 0. The van der Waals surface area contributed by atoms with Crippen molar-refractivity contribution in [1.82, 2.24) is 9.88 Å². The smallest absolute Gasteiger partial charge is 0.270 e. The molecule has 6 nitrogen and oxygen atoms in total. The number of carbonyl (C=O) groups is 1. The number of piperazine rings is 1. The van der Waals surface area contributed by atoms with E-state index in [9.17, 15) is 4.79 Å². The van der Waals surface area contributed by atoms with Crippen LogP contribution >= 0.6 is 11.6 Å². The summed E-state index contributed by atoms with van der Waals surface area (Å²) in [6.45, 7) is 4.55. The predicted octanol–water partition coefficient (Wildman–Crippen LogP) is 2.09. The summed E-state index contributed by atoms with van der Waals surface area (Å²) in [5, 5.41) is 1.63. The van der Waals surface area contributed by atoms with E-state index in [0.717, 1.165) is 55.1 Å². The van der Waals surface area contributed by atoms with Crippen LogP contribution in [0.3, 0.4) is 0 Å². The standard InChI is InChI=1S/C21H20ClN3O3/c22-16-2-3-17-15(10-16)11-18(23-17)21(26)25-7-5-24(6-8-25)12-14-1-4-19-20(9-14)28-13-27-19/h1-4,9-11,23H,5-8,12-13H2/p+1. The minimum absolute atomic E-state index is 0.0504. The zero-order chi connectivity index (χ0) is 19.1. The summed E-state index contributed by atoms with van der Waals surface area (Å²) in [7, 11) is 0. The number of aromatic amines is 1. The largest absolute Gasteiger partial charge is 0.454 e. The van der Waals surface area contributed by atoms with Crippen molar-refractivity contribution < 1.29 is 19.2 Å².